The minimum absolute atomic E-state index is 0.166. The lowest BCUT2D eigenvalue weighted by molar-refractivity contribution is -0.0606. The summed E-state index contributed by atoms with van der Waals surface area (Å²) in [5.41, 5.74) is -0.809. The Morgan fingerprint density at radius 3 is 2.07 bits per heavy atom. The van der Waals surface area contributed by atoms with Crippen molar-refractivity contribution in [2.75, 3.05) is 19.8 Å². The zero-order valence-electron chi connectivity index (χ0n) is 10.8. The molecule has 0 unspecified atom stereocenters. The van der Waals surface area contributed by atoms with Crippen LogP contribution in [-0.4, -0.2) is 36.1 Å². The van der Waals surface area contributed by atoms with E-state index < -0.39 is 5.60 Å². The first-order valence-electron chi connectivity index (χ1n) is 5.71. The first kappa shape index (κ1) is 14.9. The number of rotatable bonds is 8. The van der Waals surface area contributed by atoms with E-state index in [1.54, 1.807) is 13.8 Å². The highest BCUT2D eigenvalue weighted by molar-refractivity contribution is 4.70. The fourth-order valence-corrected chi connectivity index (χ4v) is 1.11. The van der Waals surface area contributed by atoms with Gasteiger partial charge in [0.25, 0.3) is 0 Å². The Morgan fingerprint density at radius 1 is 1.00 bits per heavy atom. The average molecular weight is 218 g/mol. The van der Waals surface area contributed by atoms with Crippen molar-refractivity contribution >= 4 is 0 Å². The highest BCUT2D eigenvalue weighted by Gasteiger charge is 2.20. The van der Waals surface area contributed by atoms with Crippen LogP contribution in [0.3, 0.4) is 0 Å². The van der Waals surface area contributed by atoms with Crippen LogP contribution in [0.1, 0.15) is 47.5 Å². The largest absolute Gasteiger partial charge is 0.390 e. The van der Waals surface area contributed by atoms with Gasteiger partial charge in [-0.1, -0.05) is 0 Å². The molecule has 0 fully saturated rings. The molecule has 15 heavy (non-hydrogen) atoms. The smallest absolute Gasteiger partial charge is 0.0648 e. The zero-order chi connectivity index (χ0) is 11.9. The van der Waals surface area contributed by atoms with Gasteiger partial charge in [0.2, 0.25) is 0 Å². The maximum absolute atomic E-state index is 9.52. The van der Waals surface area contributed by atoms with Crippen LogP contribution in [0.15, 0.2) is 0 Å². The molecular weight excluding hydrogens is 192 g/mol. The topological polar surface area (TPSA) is 38.7 Å². The van der Waals surface area contributed by atoms with E-state index >= 15 is 0 Å². The lowest BCUT2D eigenvalue weighted by atomic mass is 10.0. The Balaban J connectivity index is 3.64. The SMILES string of the molecule is CCOCCC(C)(C)OCCC(C)(C)O. The summed E-state index contributed by atoms with van der Waals surface area (Å²) in [6, 6.07) is 0. The number of hydrogen-bond acceptors (Lipinski definition) is 3. The molecule has 0 rings (SSSR count). The van der Waals surface area contributed by atoms with Crippen molar-refractivity contribution in [3.05, 3.63) is 0 Å². The van der Waals surface area contributed by atoms with E-state index in [0.29, 0.717) is 13.0 Å². The molecule has 3 nitrogen and oxygen atoms in total. The van der Waals surface area contributed by atoms with Gasteiger partial charge in [0.1, 0.15) is 0 Å². The van der Waals surface area contributed by atoms with Crippen LogP contribution in [0.2, 0.25) is 0 Å². The summed E-state index contributed by atoms with van der Waals surface area (Å²) in [5.74, 6) is 0. The van der Waals surface area contributed by atoms with Crippen LogP contribution in [0.5, 0.6) is 0 Å². The van der Waals surface area contributed by atoms with Crippen LogP contribution in [0.4, 0.5) is 0 Å². The molecule has 0 saturated heterocycles. The number of hydrogen-bond donors (Lipinski definition) is 1. The van der Waals surface area contributed by atoms with Crippen LogP contribution >= 0.6 is 0 Å². The van der Waals surface area contributed by atoms with Crippen molar-refractivity contribution in [3.63, 3.8) is 0 Å². The molecule has 0 aromatic heterocycles. The number of aliphatic hydroxyl groups is 1. The van der Waals surface area contributed by atoms with Gasteiger partial charge in [-0.05, 0) is 47.5 Å². The molecule has 0 radical (unpaired) electrons. The van der Waals surface area contributed by atoms with Crippen molar-refractivity contribution in [1.82, 2.24) is 0 Å². The van der Waals surface area contributed by atoms with E-state index in [9.17, 15) is 5.11 Å². The van der Waals surface area contributed by atoms with Crippen LogP contribution < -0.4 is 0 Å². The quantitative estimate of drug-likeness (QED) is 0.636. The van der Waals surface area contributed by atoms with Crippen molar-refractivity contribution in [2.45, 2.75) is 58.7 Å². The maximum atomic E-state index is 9.52. The Kier molecular flexibility index (Phi) is 6.41. The van der Waals surface area contributed by atoms with E-state index in [4.69, 9.17) is 9.47 Å². The predicted molar refractivity (Wildman–Crippen MR) is 62.1 cm³/mol. The van der Waals surface area contributed by atoms with Gasteiger partial charge in [-0.25, -0.2) is 0 Å². The second kappa shape index (κ2) is 6.46. The van der Waals surface area contributed by atoms with Crippen LogP contribution in [0, 0.1) is 0 Å². The number of ether oxygens (including phenoxy) is 2. The van der Waals surface area contributed by atoms with E-state index in [1.165, 1.54) is 0 Å². The third kappa shape index (κ3) is 10.2. The summed E-state index contributed by atoms with van der Waals surface area (Å²) in [7, 11) is 0. The molecule has 0 bridgehead atoms. The van der Waals surface area contributed by atoms with Crippen molar-refractivity contribution in [2.24, 2.45) is 0 Å². The molecule has 0 atom stereocenters. The molecule has 0 amide bonds. The van der Waals surface area contributed by atoms with Gasteiger partial charge in [0, 0.05) is 13.2 Å². The summed E-state index contributed by atoms with van der Waals surface area (Å²) in [6.45, 7) is 11.7. The minimum atomic E-state index is -0.643. The van der Waals surface area contributed by atoms with Gasteiger partial charge >= 0.3 is 0 Å². The van der Waals surface area contributed by atoms with Gasteiger partial charge in [-0.2, -0.15) is 0 Å². The monoisotopic (exact) mass is 218 g/mol. The van der Waals surface area contributed by atoms with Crippen molar-refractivity contribution in [1.29, 1.82) is 0 Å². The highest BCUT2D eigenvalue weighted by Crippen LogP contribution is 2.17. The van der Waals surface area contributed by atoms with Crippen molar-refractivity contribution < 1.29 is 14.6 Å². The molecule has 0 aromatic rings. The van der Waals surface area contributed by atoms with Gasteiger partial charge < -0.3 is 14.6 Å². The molecular formula is C12H26O3. The summed E-state index contributed by atoms with van der Waals surface area (Å²) >= 11 is 0. The Hall–Kier alpha value is -0.120. The molecule has 3 heteroatoms. The lowest BCUT2D eigenvalue weighted by Gasteiger charge is -2.27. The molecule has 1 N–H and O–H groups in total. The van der Waals surface area contributed by atoms with E-state index in [-0.39, 0.29) is 5.60 Å². The lowest BCUT2D eigenvalue weighted by Crippen LogP contribution is -2.30. The van der Waals surface area contributed by atoms with Crippen molar-refractivity contribution in [3.8, 4) is 0 Å². The third-order valence-electron chi connectivity index (χ3n) is 2.26. The maximum Gasteiger partial charge on any atom is 0.0648 e. The first-order valence-corrected chi connectivity index (χ1v) is 5.71. The Labute approximate surface area is 93.8 Å². The molecule has 92 valence electrons. The molecule has 0 aliphatic carbocycles. The second-order valence-corrected chi connectivity index (χ2v) is 5.12. The molecule has 0 saturated carbocycles. The molecule has 0 aliphatic rings. The summed E-state index contributed by atoms with van der Waals surface area (Å²) < 4.78 is 11.0. The normalized spacial score (nSPS) is 13.2. The van der Waals surface area contributed by atoms with E-state index in [2.05, 4.69) is 13.8 Å². The fraction of sp³-hybridized carbons (Fsp3) is 1.00. The van der Waals surface area contributed by atoms with Gasteiger partial charge in [0.15, 0.2) is 0 Å². The predicted octanol–water partition coefficient (Wildman–Crippen LogP) is 2.37. The summed E-state index contributed by atoms with van der Waals surface area (Å²) in [6.07, 6.45) is 1.54. The highest BCUT2D eigenvalue weighted by atomic mass is 16.5. The van der Waals surface area contributed by atoms with Crippen LogP contribution in [-0.2, 0) is 9.47 Å². The van der Waals surface area contributed by atoms with Gasteiger partial charge in [0.05, 0.1) is 17.8 Å². The minimum Gasteiger partial charge on any atom is -0.390 e. The summed E-state index contributed by atoms with van der Waals surface area (Å²) in [5, 5.41) is 9.52. The van der Waals surface area contributed by atoms with E-state index in [0.717, 1.165) is 19.6 Å². The zero-order valence-corrected chi connectivity index (χ0v) is 10.8. The summed E-state index contributed by atoms with van der Waals surface area (Å²) in [4.78, 5) is 0. The third-order valence-corrected chi connectivity index (χ3v) is 2.26. The molecule has 0 spiro atoms. The average Bonchev–Trinajstić information content (AvgIpc) is 2.01. The molecule has 0 aromatic carbocycles. The second-order valence-electron chi connectivity index (χ2n) is 5.12. The van der Waals surface area contributed by atoms with Gasteiger partial charge in [-0.3, -0.25) is 0 Å². The van der Waals surface area contributed by atoms with E-state index in [1.807, 2.05) is 6.92 Å². The Bertz CT molecular complexity index is 159. The Morgan fingerprint density at radius 2 is 1.60 bits per heavy atom. The fourth-order valence-electron chi connectivity index (χ4n) is 1.11. The molecule has 0 heterocycles. The first-order chi connectivity index (χ1) is 6.77. The van der Waals surface area contributed by atoms with Gasteiger partial charge in [-0.15, -0.1) is 0 Å². The standard InChI is InChI=1S/C12H26O3/c1-6-14-9-8-12(4,5)15-10-7-11(2,3)13/h13H,6-10H2,1-5H3. The molecule has 0 aliphatic heterocycles. The van der Waals surface area contributed by atoms with Crippen LogP contribution in [0.25, 0.3) is 0 Å².